The Kier molecular flexibility index (Phi) is 7.82. The number of rotatable bonds is 7. The van der Waals surface area contributed by atoms with Gasteiger partial charge in [0.25, 0.3) is 12.3 Å². The third kappa shape index (κ3) is 5.24. The standard InChI is InChI=1S/C22H15ClF9N3O2/c1-22(2,21(31)32)16(13(28)18(29)30)33-20(37)9-6-35(14-10(25)3-7(24)4-11(14)26)19-8(15(9)36)5-12(27)17(23)34-19/h3-6,13,16,18,21H,1-2H3,(H,33,37). The lowest BCUT2D eigenvalue weighted by Gasteiger charge is -2.35. The Hall–Kier alpha value is -3.29. The molecule has 200 valence electrons. The van der Waals surface area contributed by atoms with Crippen molar-refractivity contribution in [3.63, 3.8) is 0 Å². The second-order valence-corrected chi connectivity index (χ2v) is 8.80. The molecule has 3 rings (SSSR count). The molecular weight excluding hydrogens is 545 g/mol. The highest BCUT2D eigenvalue weighted by Crippen LogP contribution is 2.34. The van der Waals surface area contributed by atoms with Crippen LogP contribution in [-0.2, 0) is 0 Å². The zero-order valence-corrected chi connectivity index (χ0v) is 19.4. The first-order chi connectivity index (χ1) is 17.1. The fourth-order valence-corrected chi connectivity index (χ4v) is 3.61. The van der Waals surface area contributed by atoms with E-state index in [4.69, 9.17) is 11.6 Å². The van der Waals surface area contributed by atoms with E-state index in [0.29, 0.717) is 30.7 Å². The highest BCUT2D eigenvalue weighted by atomic mass is 35.5. The van der Waals surface area contributed by atoms with Gasteiger partial charge < -0.3 is 5.32 Å². The van der Waals surface area contributed by atoms with Crippen LogP contribution < -0.4 is 10.7 Å². The molecule has 0 radical (unpaired) electrons. The zero-order valence-electron chi connectivity index (χ0n) is 18.6. The minimum atomic E-state index is -3.82. The molecule has 5 nitrogen and oxygen atoms in total. The molecule has 2 unspecified atom stereocenters. The van der Waals surface area contributed by atoms with Crippen molar-refractivity contribution in [2.75, 3.05) is 0 Å². The number of amides is 1. The topological polar surface area (TPSA) is 64.0 Å². The molecule has 1 aromatic carbocycles. The third-order valence-electron chi connectivity index (χ3n) is 5.57. The van der Waals surface area contributed by atoms with Crippen LogP contribution in [0.5, 0.6) is 0 Å². The number of aromatic nitrogens is 2. The van der Waals surface area contributed by atoms with Crippen LogP contribution in [-0.4, -0.2) is 40.5 Å². The normalized spacial score (nSPS) is 13.9. The zero-order chi connectivity index (χ0) is 28.0. The molecule has 0 fully saturated rings. The summed E-state index contributed by atoms with van der Waals surface area (Å²) >= 11 is 5.61. The Morgan fingerprint density at radius 3 is 2.08 bits per heavy atom. The second-order valence-electron chi connectivity index (χ2n) is 8.44. The maximum Gasteiger partial charge on any atom is 0.271 e. The van der Waals surface area contributed by atoms with Crippen LogP contribution in [0.2, 0.25) is 5.15 Å². The molecule has 0 spiro atoms. The minimum absolute atomic E-state index is 0.227. The van der Waals surface area contributed by atoms with Gasteiger partial charge in [0.05, 0.1) is 11.4 Å². The summed E-state index contributed by atoms with van der Waals surface area (Å²) in [5, 5.41) is -0.0666. The van der Waals surface area contributed by atoms with Gasteiger partial charge in [-0.3, -0.25) is 14.2 Å². The van der Waals surface area contributed by atoms with Crippen LogP contribution in [0.15, 0.2) is 29.2 Å². The van der Waals surface area contributed by atoms with Crippen LogP contribution in [0.3, 0.4) is 0 Å². The molecule has 2 atom stereocenters. The van der Waals surface area contributed by atoms with Gasteiger partial charge in [-0.15, -0.1) is 0 Å². The molecule has 0 aliphatic rings. The molecule has 0 aliphatic heterocycles. The van der Waals surface area contributed by atoms with Crippen molar-refractivity contribution in [2.24, 2.45) is 5.41 Å². The van der Waals surface area contributed by atoms with Crippen molar-refractivity contribution in [3.8, 4) is 5.69 Å². The summed E-state index contributed by atoms with van der Waals surface area (Å²) in [6, 6.07) is -1.66. The summed E-state index contributed by atoms with van der Waals surface area (Å²) in [7, 11) is 0. The Bertz CT molecular complexity index is 1410. The number of alkyl halides is 5. The monoisotopic (exact) mass is 559 g/mol. The molecule has 2 aromatic heterocycles. The summed E-state index contributed by atoms with van der Waals surface area (Å²) < 4.78 is 125. The number of carbonyl (C=O) groups is 1. The van der Waals surface area contributed by atoms with Gasteiger partial charge in [0.15, 0.2) is 34.4 Å². The van der Waals surface area contributed by atoms with Crippen molar-refractivity contribution >= 4 is 28.5 Å². The predicted molar refractivity (Wildman–Crippen MR) is 114 cm³/mol. The first-order valence-corrected chi connectivity index (χ1v) is 10.5. The number of carbonyl (C=O) groups excluding carboxylic acids is 1. The van der Waals surface area contributed by atoms with E-state index in [-0.39, 0.29) is 12.1 Å². The first-order valence-electron chi connectivity index (χ1n) is 10.2. The fraction of sp³-hybridized carbons (Fsp3) is 0.318. The van der Waals surface area contributed by atoms with Crippen LogP contribution in [0.25, 0.3) is 16.7 Å². The smallest absolute Gasteiger partial charge is 0.271 e. The number of fused-ring (bicyclic) bond motifs is 1. The van der Waals surface area contributed by atoms with Crippen molar-refractivity contribution in [3.05, 3.63) is 68.6 Å². The molecule has 0 aliphatic carbocycles. The summed E-state index contributed by atoms with van der Waals surface area (Å²) in [5.41, 5.74) is -6.95. The van der Waals surface area contributed by atoms with Crippen molar-refractivity contribution in [2.45, 2.75) is 38.9 Å². The number of nitrogens with zero attached hydrogens (tertiary/aromatic N) is 2. The van der Waals surface area contributed by atoms with Crippen LogP contribution >= 0.6 is 11.6 Å². The number of hydrogen-bond donors (Lipinski definition) is 1. The van der Waals surface area contributed by atoms with E-state index in [1.807, 2.05) is 0 Å². The lowest BCUT2D eigenvalue weighted by atomic mass is 9.82. The number of pyridine rings is 2. The van der Waals surface area contributed by atoms with E-state index in [1.54, 1.807) is 5.32 Å². The highest BCUT2D eigenvalue weighted by molar-refractivity contribution is 6.29. The first kappa shape index (κ1) is 28.3. The largest absolute Gasteiger partial charge is 0.345 e. The van der Waals surface area contributed by atoms with E-state index in [9.17, 15) is 49.1 Å². The molecule has 0 bridgehead atoms. The highest BCUT2D eigenvalue weighted by Gasteiger charge is 2.47. The molecular formula is C22H15ClF9N3O2. The summed E-state index contributed by atoms with van der Waals surface area (Å²) in [6.07, 6.45) is -10.1. The van der Waals surface area contributed by atoms with Crippen molar-refractivity contribution < 1.29 is 44.3 Å². The fourth-order valence-electron chi connectivity index (χ4n) is 3.48. The van der Waals surface area contributed by atoms with E-state index >= 15 is 0 Å². The molecule has 1 amide bonds. The van der Waals surface area contributed by atoms with E-state index in [1.165, 1.54) is 0 Å². The van der Waals surface area contributed by atoms with Crippen LogP contribution in [0, 0.1) is 28.7 Å². The van der Waals surface area contributed by atoms with E-state index in [2.05, 4.69) is 4.98 Å². The molecule has 0 saturated heterocycles. The number of nitrogens with one attached hydrogen (secondary N) is 1. The Morgan fingerprint density at radius 2 is 1.57 bits per heavy atom. The summed E-state index contributed by atoms with van der Waals surface area (Å²) in [6.45, 7) is 1.36. The number of benzene rings is 1. The van der Waals surface area contributed by atoms with Gasteiger partial charge in [-0.25, -0.2) is 44.5 Å². The van der Waals surface area contributed by atoms with Gasteiger partial charge in [0, 0.05) is 23.7 Å². The second kappa shape index (κ2) is 10.2. The molecule has 3 aromatic rings. The van der Waals surface area contributed by atoms with Crippen molar-refractivity contribution in [1.82, 2.24) is 14.9 Å². The summed E-state index contributed by atoms with van der Waals surface area (Å²) in [5.74, 6) is -7.52. The van der Waals surface area contributed by atoms with Crippen LogP contribution in [0.1, 0.15) is 24.2 Å². The molecule has 15 heteroatoms. The van der Waals surface area contributed by atoms with Gasteiger partial charge in [0.1, 0.15) is 17.1 Å². The number of hydrogen-bond acceptors (Lipinski definition) is 3. The Balaban J connectivity index is 2.30. The lowest BCUT2D eigenvalue weighted by molar-refractivity contribution is -0.0588. The SMILES string of the molecule is CC(C)(C(F)F)C(NC(=O)c1cn(-c2c(F)cc(F)cc2F)c2nc(Cl)c(F)cc2c1=O)C(F)C(F)F. The number of halogens is 10. The molecule has 37 heavy (non-hydrogen) atoms. The molecule has 1 N–H and O–H groups in total. The average molecular weight is 560 g/mol. The quantitative estimate of drug-likeness (QED) is 0.303. The molecule has 2 heterocycles. The Morgan fingerprint density at radius 1 is 1.00 bits per heavy atom. The molecule has 0 saturated carbocycles. The van der Waals surface area contributed by atoms with Crippen molar-refractivity contribution in [1.29, 1.82) is 0 Å². The van der Waals surface area contributed by atoms with Gasteiger partial charge >= 0.3 is 0 Å². The Labute approximate surface area is 206 Å². The predicted octanol–water partition coefficient (Wildman–Crippen LogP) is 5.59. The van der Waals surface area contributed by atoms with Gasteiger partial charge in [0.2, 0.25) is 11.9 Å². The van der Waals surface area contributed by atoms with E-state index in [0.717, 1.165) is 0 Å². The summed E-state index contributed by atoms with van der Waals surface area (Å²) in [4.78, 5) is 29.4. The van der Waals surface area contributed by atoms with Gasteiger partial charge in [-0.05, 0) is 6.07 Å². The maximum atomic E-state index is 14.6. The van der Waals surface area contributed by atoms with Crippen LogP contribution in [0.4, 0.5) is 39.5 Å². The third-order valence-corrected chi connectivity index (χ3v) is 5.83. The van der Waals surface area contributed by atoms with Gasteiger partial charge in [-0.1, -0.05) is 25.4 Å². The minimum Gasteiger partial charge on any atom is -0.345 e. The van der Waals surface area contributed by atoms with Gasteiger partial charge in [-0.2, -0.15) is 0 Å². The maximum absolute atomic E-state index is 14.6. The lowest BCUT2D eigenvalue weighted by Crippen LogP contribution is -2.56. The van der Waals surface area contributed by atoms with E-state index < -0.39 is 92.5 Å². The average Bonchev–Trinajstić information content (AvgIpc) is 2.78.